The van der Waals surface area contributed by atoms with Crippen LogP contribution in [0.5, 0.6) is 0 Å². The van der Waals surface area contributed by atoms with Crippen molar-refractivity contribution >= 4 is 29.3 Å². The molecule has 0 aliphatic heterocycles. The number of halogens is 1. The van der Waals surface area contributed by atoms with Gasteiger partial charge in [0, 0.05) is 31.9 Å². The molecule has 0 saturated heterocycles. The Kier molecular flexibility index (Phi) is 6.53. The van der Waals surface area contributed by atoms with Crippen molar-refractivity contribution in [2.75, 3.05) is 29.6 Å². The lowest BCUT2D eigenvalue weighted by atomic mass is 10.1. The van der Waals surface area contributed by atoms with E-state index < -0.39 is 11.8 Å². The van der Waals surface area contributed by atoms with Crippen LogP contribution in [0.15, 0.2) is 60.9 Å². The topological polar surface area (TPSA) is 99.3 Å². The van der Waals surface area contributed by atoms with Gasteiger partial charge in [-0.3, -0.25) is 4.79 Å². The molecule has 0 bridgehead atoms. The monoisotopic (exact) mass is 408 g/mol. The van der Waals surface area contributed by atoms with E-state index in [4.69, 9.17) is 0 Å². The summed E-state index contributed by atoms with van der Waals surface area (Å²) in [7, 11) is 3.65. The van der Waals surface area contributed by atoms with Crippen LogP contribution in [-0.2, 0) is 6.54 Å². The molecule has 1 heterocycles. The smallest absolute Gasteiger partial charge is 0.319 e. The molecule has 8 nitrogen and oxygen atoms in total. The summed E-state index contributed by atoms with van der Waals surface area (Å²) in [5.41, 5.74) is 2.18. The zero-order valence-electron chi connectivity index (χ0n) is 16.5. The Hall–Kier alpha value is -4.01. The van der Waals surface area contributed by atoms with E-state index in [0.717, 1.165) is 5.56 Å². The second-order valence-electron chi connectivity index (χ2n) is 6.64. The van der Waals surface area contributed by atoms with Crippen LogP contribution in [0.4, 0.5) is 26.5 Å². The molecule has 0 atom stereocenters. The van der Waals surface area contributed by atoms with Crippen molar-refractivity contribution in [3.8, 4) is 0 Å². The van der Waals surface area contributed by atoms with E-state index in [1.807, 2.05) is 20.2 Å². The first-order valence-corrected chi connectivity index (χ1v) is 9.11. The molecule has 3 rings (SSSR count). The maximum atomic E-state index is 13.0. The number of benzene rings is 2. The molecular formula is C21H21FN6O2. The summed E-state index contributed by atoms with van der Waals surface area (Å²) in [6.07, 6.45) is 3.04. The van der Waals surface area contributed by atoms with E-state index in [9.17, 15) is 14.0 Å². The lowest BCUT2D eigenvalue weighted by molar-refractivity contribution is 0.102. The Morgan fingerprint density at radius 3 is 2.33 bits per heavy atom. The molecule has 3 aromatic rings. The third-order valence-corrected chi connectivity index (χ3v) is 4.04. The first-order valence-electron chi connectivity index (χ1n) is 9.11. The predicted octanol–water partition coefficient (Wildman–Crippen LogP) is 3.26. The second-order valence-corrected chi connectivity index (χ2v) is 6.64. The zero-order valence-corrected chi connectivity index (χ0v) is 16.5. The summed E-state index contributed by atoms with van der Waals surface area (Å²) in [5.74, 6) is -0.211. The average molecular weight is 408 g/mol. The zero-order chi connectivity index (χ0) is 21.5. The SMILES string of the molecule is CN(C)c1ncc(NC(=O)NCc2cccc(NC(=O)c3ccc(F)cc3)c2)cn1. The van der Waals surface area contributed by atoms with Crippen LogP contribution in [0.3, 0.4) is 0 Å². The molecule has 3 N–H and O–H groups in total. The van der Waals surface area contributed by atoms with E-state index in [1.54, 1.807) is 23.1 Å². The Morgan fingerprint density at radius 1 is 0.967 bits per heavy atom. The van der Waals surface area contributed by atoms with Gasteiger partial charge < -0.3 is 20.9 Å². The van der Waals surface area contributed by atoms with E-state index >= 15 is 0 Å². The number of urea groups is 1. The number of amides is 3. The summed E-state index contributed by atoms with van der Waals surface area (Å²) < 4.78 is 13.0. The average Bonchev–Trinajstić information content (AvgIpc) is 2.73. The molecule has 2 aromatic carbocycles. The van der Waals surface area contributed by atoms with E-state index in [-0.39, 0.29) is 12.5 Å². The fourth-order valence-electron chi connectivity index (χ4n) is 2.54. The van der Waals surface area contributed by atoms with Gasteiger partial charge >= 0.3 is 6.03 Å². The van der Waals surface area contributed by atoms with Crippen LogP contribution < -0.4 is 20.9 Å². The van der Waals surface area contributed by atoms with E-state index in [0.29, 0.717) is 22.9 Å². The Bertz CT molecular complexity index is 1020. The number of anilines is 3. The maximum absolute atomic E-state index is 13.0. The standard InChI is InChI=1S/C21H21FN6O2/c1-28(2)20-23-12-18(13-24-20)27-21(30)25-11-14-4-3-5-17(10-14)26-19(29)15-6-8-16(22)9-7-15/h3-10,12-13H,11H2,1-2H3,(H,26,29)(H2,25,27,30). The minimum atomic E-state index is -0.406. The van der Waals surface area contributed by atoms with Crippen LogP contribution in [0.1, 0.15) is 15.9 Å². The van der Waals surface area contributed by atoms with Crippen molar-refractivity contribution in [1.82, 2.24) is 15.3 Å². The molecule has 0 unspecified atom stereocenters. The van der Waals surface area contributed by atoms with Gasteiger partial charge in [0.15, 0.2) is 0 Å². The predicted molar refractivity (Wildman–Crippen MR) is 113 cm³/mol. The summed E-state index contributed by atoms with van der Waals surface area (Å²) in [5, 5.41) is 8.14. The Labute approximate surface area is 173 Å². The number of nitrogens with one attached hydrogen (secondary N) is 3. The lowest BCUT2D eigenvalue weighted by Crippen LogP contribution is -2.28. The highest BCUT2D eigenvalue weighted by Crippen LogP contribution is 2.13. The summed E-state index contributed by atoms with van der Waals surface area (Å²) in [6.45, 7) is 0.253. The molecule has 0 saturated carbocycles. The molecule has 1 aromatic heterocycles. The van der Waals surface area contributed by atoms with Gasteiger partial charge in [-0.05, 0) is 42.0 Å². The van der Waals surface area contributed by atoms with Crippen LogP contribution in [0.2, 0.25) is 0 Å². The van der Waals surface area contributed by atoms with Crippen molar-refractivity contribution in [2.45, 2.75) is 6.54 Å². The molecule has 0 spiro atoms. The second kappa shape index (κ2) is 9.46. The minimum absolute atomic E-state index is 0.253. The quantitative estimate of drug-likeness (QED) is 0.581. The fraction of sp³-hybridized carbons (Fsp3) is 0.143. The molecule has 9 heteroatoms. The first-order chi connectivity index (χ1) is 14.4. The normalized spacial score (nSPS) is 10.2. The number of carbonyl (C=O) groups excluding carboxylic acids is 2. The van der Waals surface area contributed by atoms with Crippen molar-refractivity contribution in [2.24, 2.45) is 0 Å². The molecule has 0 fully saturated rings. The molecular weight excluding hydrogens is 387 g/mol. The number of nitrogens with zero attached hydrogens (tertiary/aromatic N) is 3. The van der Waals surface area contributed by atoms with Gasteiger partial charge in [-0.2, -0.15) is 0 Å². The van der Waals surface area contributed by atoms with E-state index in [1.165, 1.54) is 36.7 Å². The highest BCUT2D eigenvalue weighted by atomic mass is 19.1. The van der Waals surface area contributed by atoms with Gasteiger partial charge in [0.05, 0.1) is 18.1 Å². The number of carbonyl (C=O) groups is 2. The Morgan fingerprint density at radius 2 is 1.67 bits per heavy atom. The van der Waals surface area contributed by atoms with Crippen molar-refractivity contribution < 1.29 is 14.0 Å². The number of aromatic nitrogens is 2. The minimum Gasteiger partial charge on any atom is -0.347 e. The third-order valence-electron chi connectivity index (χ3n) is 4.04. The van der Waals surface area contributed by atoms with Gasteiger partial charge in [0.1, 0.15) is 5.82 Å². The van der Waals surface area contributed by atoms with Gasteiger partial charge in [-0.1, -0.05) is 12.1 Å². The molecule has 154 valence electrons. The molecule has 0 radical (unpaired) electrons. The van der Waals surface area contributed by atoms with Crippen LogP contribution in [-0.4, -0.2) is 36.0 Å². The Balaban J connectivity index is 1.53. The highest BCUT2D eigenvalue weighted by Gasteiger charge is 2.08. The van der Waals surface area contributed by atoms with Gasteiger partial charge in [0.25, 0.3) is 5.91 Å². The molecule has 0 aliphatic carbocycles. The third kappa shape index (κ3) is 5.74. The fourth-order valence-corrected chi connectivity index (χ4v) is 2.54. The van der Waals surface area contributed by atoms with Crippen molar-refractivity contribution in [1.29, 1.82) is 0 Å². The van der Waals surface area contributed by atoms with Gasteiger partial charge in [-0.15, -0.1) is 0 Å². The molecule has 3 amide bonds. The molecule has 30 heavy (non-hydrogen) atoms. The number of hydrogen-bond donors (Lipinski definition) is 3. The summed E-state index contributed by atoms with van der Waals surface area (Å²) >= 11 is 0. The number of hydrogen-bond acceptors (Lipinski definition) is 5. The van der Waals surface area contributed by atoms with Gasteiger partial charge in [-0.25, -0.2) is 19.2 Å². The summed E-state index contributed by atoms with van der Waals surface area (Å²) in [4.78, 5) is 34.4. The van der Waals surface area contributed by atoms with Crippen LogP contribution in [0, 0.1) is 5.82 Å². The van der Waals surface area contributed by atoms with Crippen LogP contribution >= 0.6 is 0 Å². The molecule has 0 aliphatic rings. The lowest BCUT2D eigenvalue weighted by Gasteiger charge is -2.11. The van der Waals surface area contributed by atoms with Crippen molar-refractivity contribution in [3.63, 3.8) is 0 Å². The maximum Gasteiger partial charge on any atom is 0.319 e. The largest absolute Gasteiger partial charge is 0.347 e. The van der Waals surface area contributed by atoms with E-state index in [2.05, 4.69) is 25.9 Å². The number of rotatable bonds is 6. The van der Waals surface area contributed by atoms with Gasteiger partial charge in [0.2, 0.25) is 5.95 Å². The van der Waals surface area contributed by atoms with Crippen molar-refractivity contribution in [3.05, 3.63) is 77.9 Å². The van der Waals surface area contributed by atoms with Crippen LogP contribution in [0.25, 0.3) is 0 Å². The summed E-state index contributed by atoms with van der Waals surface area (Å²) in [6, 6.07) is 11.9. The first kappa shape index (κ1) is 20.7. The highest BCUT2D eigenvalue weighted by molar-refractivity contribution is 6.04.